The summed E-state index contributed by atoms with van der Waals surface area (Å²) >= 11 is 0. The first-order valence-corrected chi connectivity index (χ1v) is 6.28. The van der Waals surface area contributed by atoms with Gasteiger partial charge in [0.15, 0.2) is 0 Å². The molecule has 4 nitrogen and oxygen atoms in total. The standard InChI is InChI=1S/C15H17NO3/c1-2-9-18-13-4-6-14(7-5-13)19-15-8-3-12(11-17)10-16-15/h3-8,10,17H,2,9,11H2,1H3. The van der Waals surface area contributed by atoms with Crippen molar-refractivity contribution in [1.82, 2.24) is 4.98 Å². The molecule has 2 rings (SSSR count). The summed E-state index contributed by atoms with van der Waals surface area (Å²) in [5, 5.41) is 8.92. The molecule has 1 aromatic heterocycles. The van der Waals surface area contributed by atoms with Gasteiger partial charge in [-0.3, -0.25) is 0 Å². The molecule has 0 atom stereocenters. The average molecular weight is 259 g/mol. The molecule has 100 valence electrons. The van der Waals surface area contributed by atoms with Gasteiger partial charge in [-0.2, -0.15) is 0 Å². The van der Waals surface area contributed by atoms with Crippen LogP contribution in [-0.2, 0) is 6.61 Å². The second kappa shape index (κ2) is 6.75. The first kappa shape index (κ1) is 13.4. The first-order valence-electron chi connectivity index (χ1n) is 6.28. The molecule has 1 aromatic carbocycles. The largest absolute Gasteiger partial charge is 0.494 e. The molecule has 0 saturated carbocycles. The van der Waals surface area contributed by atoms with E-state index in [-0.39, 0.29) is 6.61 Å². The summed E-state index contributed by atoms with van der Waals surface area (Å²) in [4.78, 5) is 4.10. The number of hydrogen-bond acceptors (Lipinski definition) is 4. The zero-order chi connectivity index (χ0) is 13.5. The van der Waals surface area contributed by atoms with Gasteiger partial charge in [-0.25, -0.2) is 4.98 Å². The molecule has 0 radical (unpaired) electrons. The molecule has 0 unspecified atom stereocenters. The predicted molar refractivity (Wildman–Crippen MR) is 72.5 cm³/mol. The van der Waals surface area contributed by atoms with Gasteiger partial charge >= 0.3 is 0 Å². The van der Waals surface area contributed by atoms with Crippen LogP contribution in [0.15, 0.2) is 42.6 Å². The molecule has 2 aromatic rings. The van der Waals surface area contributed by atoms with Crippen LogP contribution in [0.2, 0.25) is 0 Å². The lowest BCUT2D eigenvalue weighted by Crippen LogP contribution is -1.94. The van der Waals surface area contributed by atoms with Crippen molar-refractivity contribution < 1.29 is 14.6 Å². The van der Waals surface area contributed by atoms with Crippen molar-refractivity contribution >= 4 is 0 Å². The Morgan fingerprint density at radius 1 is 1.05 bits per heavy atom. The van der Waals surface area contributed by atoms with Crippen LogP contribution in [0.3, 0.4) is 0 Å². The lowest BCUT2D eigenvalue weighted by atomic mass is 10.3. The number of pyridine rings is 1. The van der Waals surface area contributed by atoms with Crippen LogP contribution in [0.25, 0.3) is 0 Å². The third-order valence-corrected chi connectivity index (χ3v) is 2.50. The first-order chi connectivity index (χ1) is 9.31. The van der Waals surface area contributed by atoms with E-state index in [2.05, 4.69) is 11.9 Å². The van der Waals surface area contributed by atoms with Crippen molar-refractivity contribution in [3.63, 3.8) is 0 Å². The number of aliphatic hydroxyl groups is 1. The van der Waals surface area contributed by atoms with Gasteiger partial charge in [-0.1, -0.05) is 6.92 Å². The van der Waals surface area contributed by atoms with E-state index in [1.165, 1.54) is 0 Å². The molecule has 0 bridgehead atoms. The van der Waals surface area contributed by atoms with Gasteiger partial charge in [0.2, 0.25) is 5.88 Å². The normalized spacial score (nSPS) is 10.2. The van der Waals surface area contributed by atoms with Crippen molar-refractivity contribution in [3.8, 4) is 17.4 Å². The van der Waals surface area contributed by atoms with E-state index in [0.29, 0.717) is 18.2 Å². The Hall–Kier alpha value is -2.07. The average Bonchev–Trinajstić information content (AvgIpc) is 2.47. The second-order valence-corrected chi connectivity index (χ2v) is 4.08. The highest BCUT2D eigenvalue weighted by atomic mass is 16.5. The Bertz CT molecular complexity index is 494. The molecule has 1 N–H and O–H groups in total. The zero-order valence-corrected chi connectivity index (χ0v) is 10.9. The van der Waals surface area contributed by atoms with E-state index in [9.17, 15) is 0 Å². The smallest absolute Gasteiger partial charge is 0.219 e. The van der Waals surface area contributed by atoms with Crippen molar-refractivity contribution in [2.24, 2.45) is 0 Å². The number of aromatic nitrogens is 1. The minimum absolute atomic E-state index is 0.0171. The van der Waals surface area contributed by atoms with Gasteiger partial charge in [-0.05, 0) is 42.3 Å². The van der Waals surface area contributed by atoms with E-state index in [0.717, 1.165) is 17.7 Å². The van der Waals surface area contributed by atoms with E-state index < -0.39 is 0 Å². The number of hydrogen-bond donors (Lipinski definition) is 1. The van der Waals surface area contributed by atoms with E-state index in [1.807, 2.05) is 24.3 Å². The Morgan fingerprint density at radius 3 is 2.37 bits per heavy atom. The zero-order valence-electron chi connectivity index (χ0n) is 10.9. The van der Waals surface area contributed by atoms with Crippen LogP contribution in [0.4, 0.5) is 0 Å². The van der Waals surface area contributed by atoms with Gasteiger partial charge in [0, 0.05) is 12.3 Å². The van der Waals surface area contributed by atoms with Crippen LogP contribution < -0.4 is 9.47 Å². The summed E-state index contributed by atoms with van der Waals surface area (Å²) in [6, 6.07) is 10.9. The third kappa shape index (κ3) is 3.96. The maximum absolute atomic E-state index is 8.92. The summed E-state index contributed by atoms with van der Waals surface area (Å²) in [7, 11) is 0. The number of ether oxygens (including phenoxy) is 2. The van der Waals surface area contributed by atoms with E-state index >= 15 is 0 Å². The lowest BCUT2D eigenvalue weighted by molar-refractivity contribution is 0.281. The fraction of sp³-hybridized carbons (Fsp3) is 0.267. The Balaban J connectivity index is 1.98. The highest BCUT2D eigenvalue weighted by molar-refractivity contribution is 5.33. The van der Waals surface area contributed by atoms with Crippen LogP contribution in [0.5, 0.6) is 17.4 Å². The molecular formula is C15H17NO3. The fourth-order valence-electron chi connectivity index (χ4n) is 1.51. The monoisotopic (exact) mass is 259 g/mol. The molecule has 1 heterocycles. The molecule has 0 spiro atoms. The maximum atomic E-state index is 8.92. The highest BCUT2D eigenvalue weighted by Gasteiger charge is 2.00. The number of nitrogens with zero attached hydrogens (tertiary/aromatic N) is 1. The molecule has 0 amide bonds. The van der Waals surface area contributed by atoms with Gasteiger partial charge in [0.05, 0.1) is 13.2 Å². The summed E-state index contributed by atoms with van der Waals surface area (Å²) in [6.45, 7) is 2.76. The van der Waals surface area contributed by atoms with Crippen molar-refractivity contribution in [2.45, 2.75) is 20.0 Å². The summed E-state index contributed by atoms with van der Waals surface area (Å²) in [6.07, 6.45) is 2.58. The summed E-state index contributed by atoms with van der Waals surface area (Å²) in [5.74, 6) is 2.03. The summed E-state index contributed by atoms with van der Waals surface area (Å²) < 4.78 is 11.1. The quantitative estimate of drug-likeness (QED) is 0.865. The molecule has 0 aliphatic rings. The number of rotatable bonds is 6. The molecule has 4 heteroatoms. The van der Waals surface area contributed by atoms with Crippen molar-refractivity contribution in [1.29, 1.82) is 0 Å². The van der Waals surface area contributed by atoms with Gasteiger partial charge < -0.3 is 14.6 Å². The predicted octanol–water partition coefficient (Wildman–Crippen LogP) is 3.16. The van der Waals surface area contributed by atoms with Crippen molar-refractivity contribution in [2.75, 3.05) is 6.61 Å². The van der Waals surface area contributed by atoms with Gasteiger partial charge in [-0.15, -0.1) is 0 Å². The Labute approximate surface area is 112 Å². The van der Waals surface area contributed by atoms with E-state index in [4.69, 9.17) is 14.6 Å². The summed E-state index contributed by atoms with van der Waals surface area (Å²) in [5.41, 5.74) is 0.760. The lowest BCUT2D eigenvalue weighted by Gasteiger charge is -2.07. The van der Waals surface area contributed by atoms with Crippen LogP contribution >= 0.6 is 0 Å². The van der Waals surface area contributed by atoms with Gasteiger partial charge in [0.25, 0.3) is 0 Å². The van der Waals surface area contributed by atoms with Crippen LogP contribution in [0.1, 0.15) is 18.9 Å². The minimum atomic E-state index is -0.0171. The molecular weight excluding hydrogens is 242 g/mol. The molecule has 0 fully saturated rings. The topological polar surface area (TPSA) is 51.6 Å². The number of aliphatic hydroxyl groups excluding tert-OH is 1. The number of benzene rings is 1. The van der Waals surface area contributed by atoms with E-state index in [1.54, 1.807) is 18.3 Å². The Morgan fingerprint density at radius 2 is 1.79 bits per heavy atom. The molecule has 0 saturated heterocycles. The second-order valence-electron chi connectivity index (χ2n) is 4.08. The van der Waals surface area contributed by atoms with Gasteiger partial charge in [0.1, 0.15) is 11.5 Å². The SMILES string of the molecule is CCCOc1ccc(Oc2ccc(CO)cn2)cc1. The fourth-order valence-corrected chi connectivity index (χ4v) is 1.51. The highest BCUT2D eigenvalue weighted by Crippen LogP contribution is 2.22. The molecule has 0 aliphatic carbocycles. The molecule has 19 heavy (non-hydrogen) atoms. The van der Waals surface area contributed by atoms with Crippen LogP contribution in [-0.4, -0.2) is 16.7 Å². The maximum Gasteiger partial charge on any atom is 0.219 e. The third-order valence-electron chi connectivity index (χ3n) is 2.50. The van der Waals surface area contributed by atoms with Crippen LogP contribution in [0, 0.1) is 0 Å². The van der Waals surface area contributed by atoms with Crippen molar-refractivity contribution in [3.05, 3.63) is 48.2 Å². The molecule has 0 aliphatic heterocycles. The minimum Gasteiger partial charge on any atom is -0.494 e. The Kier molecular flexibility index (Phi) is 4.75.